The Morgan fingerprint density at radius 3 is 2.87 bits per heavy atom. The van der Waals surface area contributed by atoms with Crippen LogP contribution in [0.4, 0.5) is 0 Å². The van der Waals surface area contributed by atoms with Crippen LogP contribution >= 0.6 is 12.4 Å². The number of piperidine rings is 1. The molecule has 128 valence electrons. The van der Waals surface area contributed by atoms with Crippen LogP contribution in [0, 0.1) is 5.92 Å². The van der Waals surface area contributed by atoms with Gasteiger partial charge in [0.2, 0.25) is 5.91 Å². The largest absolute Gasteiger partial charge is 0.338 e. The molecule has 3 nitrogen and oxygen atoms in total. The van der Waals surface area contributed by atoms with Crippen molar-refractivity contribution in [1.82, 2.24) is 4.90 Å². The average Bonchev–Trinajstić information content (AvgIpc) is 2.55. The molecule has 1 aliphatic heterocycles. The number of hydrogen-bond acceptors (Lipinski definition) is 2. The van der Waals surface area contributed by atoms with Gasteiger partial charge in [0.1, 0.15) is 0 Å². The van der Waals surface area contributed by atoms with Gasteiger partial charge in [-0.25, -0.2) is 0 Å². The number of benzene rings is 1. The van der Waals surface area contributed by atoms with Crippen LogP contribution in [-0.2, 0) is 11.2 Å². The van der Waals surface area contributed by atoms with E-state index in [0.717, 1.165) is 32.2 Å². The number of carbonyl (C=O) groups excluding carboxylic acids is 1. The zero-order chi connectivity index (χ0) is 15.5. The molecule has 3 atom stereocenters. The summed E-state index contributed by atoms with van der Waals surface area (Å²) in [6, 6.07) is 8.89. The summed E-state index contributed by atoms with van der Waals surface area (Å²) in [7, 11) is 0. The van der Waals surface area contributed by atoms with Gasteiger partial charge in [-0.15, -0.1) is 12.4 Å². The molecule has 1 heterocycles. The Kier molecular flexibility index (Phi) is 6.49. The lowest BCUT2D eigenvalue weighted by molar-refractivity contribution is -0.135. The van der Waals surface area contributed by atoms with Crippen LogP contribution in [0.5, 0.6) is 0 Å². The fourth-order valence-electron chi connectivity index (χ4n) is 4.20. The number of fused-ring (bicyclic) bond motifs is 1. The summed E-state index contributed by atoms with van der Waals surface area (Å²) in [4.78, 5) is 14.9. The molecule has 3 unspecified atom stereocenters. The van der Waals surface area contributed by atoms with Crippen molar-refractivity contribution in [2.75, 3.05) is 13.1 Å². The molecule has 1 aliphatic carbocycles. The lowest BCUT2D eigenvalue weighted by Crippen LogP contribution is -2.49. The Hall–Kier alpha value is -1.06. The van der Waals surface area contributed by atoms with Crippen LogP contribution in [0.15, 0.2) is 24.3 Å². The number of amides is 1. The van der Waals surface area contributed by atoms with Crippen LogP contribution in [0.2, 0.25) is 0 Å². The SMILES string of the molecule is CC1CCN(C(=O)CC2CCCc3ccccc32)C(CN)C1.Cl. The minimum Gasteiger partial charge on any atom is -0.338 e. The Balaban J connectivity index is 0.00000192. The van der Waals surface area contributed by atoms with E-state index in [1.807, 2.05) is 0 Å². The molecular formula is C19H29ClN2O. The second kappa shape index (κ2) is 8.16. The lowest BCUT2D eigenvalue weighted by atomic mass is 9.80. The second-order valence-electron chi connectivity index (χ2n) is 7.10. The molecule has 0 spiro atoms. The zero-order valence-corrected chi connectivity index (χ0v) is 14.9. The van der Waals surface area contributed by atoms with Crippen molar-refractivity contribution in [2.24, 2.45) is 11.7 Å². The van der Waals surface area contributed by atoms with E-state index in [4.69, 9.17) is 5.73 Å². The summed E-state index contributed by atoms with van der Waals surface area (Å²) in [5.41, 5.74) is 8.75. The zero-order valence-electron chi connectivity index (χ0n) is 14.0. The number of carbonyl (C=O) groups is 1. The van der Waals surface area contributed by atoms with Crippen LogP contribution in [0.3, 0.4) is 0 Å². The molecule has 3 rings (SSSR count). The van der Waals surface area contributed by atoms with Gasteiger partial charge in [-0.3, -0.25) is 4.79 Å². The number of aryl methyl sites for hydroxylation is 1. The number of nitrogens with zero attached hydrogens (tertiary/aromatic N) is 1. The predicted molar refractivity (Wildman–Crippen MR) is 96.9 cm³/mol. The van der Waals surface area contributed by atoms with Gasteiger partial charge in [-0.05, 0) is 55.1 Å². The molecule has 1 fully saturated rings. The molecule has 2 N–H and O–H groups in total. The van der Waals surface area contributed by atoms with Crippen LogP contribution in [0.25, 0.3) is 0 Å². The first-order valence-electron chi connectivity index (χ1n) is 8.76. The minimum absolute atomic E-state index is 0. The number of likely N-dealkylation sites (tertiary alicyclic amines) is 1. The van der Waals surface area contributed by atoms with Crippen molar-refractivity contribution in [3.05, 3.63) is 35.4 Å². The third-order valence-electron chi connectivity index (χ3n) is 5.49. The topological polar surface area (TPSA) is 46.3 Å². The summed E-state index contributed by atoms with van der Waals surface area (Å²) in [6.07, 6.45) is 6.33. The van der Waals surface area contributed by atoms with Crippen molar-refractivity contribution in [1.29, 1.82) is 0 Å². The fourth-order valence-corrected chi connectivity index (χ4v) is 4.20. The molecule has 23 heavy (non-hydrogen) atoms. The normalized spacial score (nSPS) is 27.0. The second-order valence-corrected chi connectivity index (χ2v) is 7.10. The highest BCUT2D eigenvalue weighted by Crippen LogP contribution is 2.35. The maximum atomic E-state index is 12.8. The van der Waals surface area contributed by atoms with Crippen molar-refractivity contribution in [2.45, 2.75) is 57.4 Å². The number of halogens is 1. The van der Waals surface area contributed by atoms with Gasteiger partial charge in [0, 0.05) is 25.6 Å². The summed E-state index contributed by atoms with van der Waals surface area (Å²) < 4.78 is 0. The Morgan fingerprint density at radius 1 is 1.30 bits per heavy atom. The maximum absolute atomic E-state index is 12.8. The highest BCUT2D eigenvalue weighted by molar-refractivity contribution is 5.85. The van der Waals surface area contributed by atoms with Crippen molar-refractivity contribution in [3.8, 4) is 0 Å². The summed E-state index contributed by atoms with van der Waals surface area (Å²) in [5.74, 6) is 1.40. The first-order chi connectivity index (χ1) is 10.7. The Bertz CT molecular complexity index is 534. The average molecular weight is 337 g/mol. The molecule has 1 aromatic rings. The van der Waals surface area contributed by atoms with E-state index in [1.54, 1.807) is 0 Å². The first kappa shape index (κ1) is 18.3. The van der Waals surface area contributed by atoms with Crippen LogP contribution < -0.4 is 5.73 Å². The van der Waals surface area contributed by atoms with Gasteiger partial charge in [-0.2, -0.15) is 0 Å². The molecule has 1 saturated heterocycles. The number of hydrogen-bond donors (Lipinski definition) is 1. The summed E-state index contributed by atoms with van der Waals surface area (Å²) >= 11 is 0. The van der Waals surface area contributed by atoms with E-state index in [9.17, 15) is 4.79 Å². The van der Waals surface area contributed by atoms with Gasteiger partial charge >= 0.3 is 0 Å². The van der Waals surface area contributed by atoms with E-state index in [2.05, 4.69) is 36.1 Å². The van der Waals surface area contributed by atoms with Gasteiger partial charge in [0.15, 0.2) is 0 Å². The fraction of sp³-hybridized carbons (Fsp3) is 0.632. The molecule has 0 aromatic heterocycles. The van der Waals surface area contributed by atoms with Gasteiger partial charge in [0.25, 0.3) is 0 Å². The van der Waals surface area contributed by atoms with E-state index in [-0.39, 0.29) is 18.4 Å². The Morgan fingerprint density at radius 2 is 2.09 bits per heavy atom. The molecule has 0 radical (unpaired) electrons. The third kappa shape index (κ3) is 4.07. The lowest BCUT2D eigenvalue weighted by Gasteiger charge is -2.39. The molecule has 4 heteroatoms. The minimum atomic E-state index is 0. The van der Waals surface area contributed by atoms with Crippen molar-refractivity contribution in [3.63, 3.8) is 0 Å². The highest BCUT2D eigenvalue weighted by Gasteiger charge is 2.31. The number of nitrogens with two attached hydrogens (primary N) is 1. The standard InChI is InChI=1S/C19H28N2O.ClH/c1-14-9-10-21(17(11-14)13-20)19(22)12-16-7-4-6-15-5-2-3-8-18(15)16;/h2-3,5,8,14,16-17H,4,6-7,9-13,20H2,1H3;1H. The van der Waals surface area contributed by atoms with Crippen LogP contribution in [0.1, 0.15) is 56.1 Å². The van der Waals surface area contributed by atoms with E-state index < -0.39 is 0 Å². The van der Waals surface area contributed by atoms with Crippen molar-refractivity contribution >= 4 is 18.3 Å². The molecule has 0 bridgehead atoms. The van der Waals surface area contributed by atoms with E-state index in [0.29, 0.717) is 30.7 Å². The maximum Gasteiger partial charge on any atom is 0.223 e. The molecule has 1 aromatic carbocycles. The summed E-state index contributed by atoms with van der Waals surface area (Å²) in [5, 5.41) is 0. The van der Waals surface area contributed by atoms with Crippen LogP contribution in [-0.4, -0.2) is 29.9 Å². The summed E-state index contributed by atoms with van der Waals surface area (Å²) in [6.45, 7) is 3.75. The number of rotatable bonds is 3. The van der Waals surface area contributed by atoms with Gasteiger partial charge in [0.05, 0.1) is 0 Å². The quantitative estimate of drug-likeness (QED) is 0.918. The third-order valence-corrected chi connectivity index (χ3v) is 5.49. The smallest absolute Gasteiger partial charge is 0.223 e. The Labute approximate surface area is 146 Å². The monoisotopic (exact) mass is 336 g/mol. The molecule has 2 aliphatic rings. The first-order valence-corrected chi connectivity index (χ1v) is 8.76. The van der Waals surface area contributed by atoms with Gasteiger partial charge < -0.3 is 10.6 Å². The van der Waals surface area contributed by atoms with E-state index in [1.165, 1.54) is 17.5 Å². The van der Waals surface area contributed by atoms with Crippen molar-refractivity contribution < 1.29 is 4.79 Å². The molecule has 0 saturated carbocycles. The highest BCUT2D eigenvalue weighted by atomic mass is 35.5. The van der Waals surface area contributed by atoms with Gasteiger partial charge in [-0.1, -0.05) is 31.2 Å². The molecule has 1 amide bonds. The molecular weight excluding hydrogens is 308 g/mol. The predicted octanol–water partition coefficient (Wildman–Crippen LogP) is 3.50. The van der Waals surface area contributed by atoms with E-state index >= 15 is 0 Å².